The number of aliphatic carboxylic acids is 1. The van der Waals surface area contributed by atoms with E-state index in [-0.39, 0.29) is 16.6 Å². The Morgan fingerprint density at radius 3 is 2.47 bits per heavy atom. The number of hydrazine groups is 1. The molecule has 1 saturated heterocycles. The van der Waals surface area contributed by atoms with Crippen molar-refractivity contribution in [1.29, 1.82) is 0 Å². The summed E-state index contributed by atoms with van der Waals surface area (Å²) in [5, 5.41) is 40.4. The highest BCUT2D eigenvalue weighted by atomic mass is 35.5. The third-order valence-electron chi connectivity index (χ3n) is 6.04. The van der Waals surface area contributed by atoms with Crippen LogP contribution in [-0.2, 0) is 26.0 Å². The number of rotatable bonds is 6. The molecule has 0 spiro atoms. The molecule has 4 rings (SSSR count). The lowest BCUT2D eigenvalue weighted by Gasteiger charge is -2.38. The molecule has 36 heavy (non-hydrogen) atoms. The highest BCUT2D eigenvalue weighted by Gasteiger charge is 2.48. The first kappa shape index (κ1) is 26.3. The summed E-state index contributed by atoms with van der Waals surface area (Å²) in [6, 6.07) is 11.0. The molecule has 2 aliphatic rings. The van der Waals surface area contributed by atoms with Crippen molar-refractivity contribution >= 4 is 39.2 Å². The van der Waals surface area contributed by atoms with E-state index in [2.05, 4.69) is 5.43 Å². The Bertz CT molecular complexity index is 1290. The Kier molecular flexibility index (Phi) is 7.26. The predicted octanol–water partition coefficient (Wildman–Crippen LogP) is -0.393. The molecule has 6 unspecified atom stereocenters. The van der Waals surface area contributed by atoms with E-state index in [1.807, 2.05) is 35.9 Å². The number of nitrogens with zero attached hydrogens (tertiary/aromatic N) is 1. The van der Waals surface area contributed by atoms with Crippen molar-refractivity contribution in [3.05, 3.63) is 58.6 Å². The van der Waals surface area contributed by atoms with Gasteiger partial charge in [0, 0.05) is 5.56 Å². The number of carbonyl (C=O) groups is 2. The average molecular weight is 542 g/mol. The van der Waals surface area contributed by atoms with Crippen molar-refractivity contribution in [3.63, 3.8) is 0 Å². The summed E-state index contributed by atoms with van der Waals surface area (Å²) < 4.78 is 33.0. The van der Waals surface area contributed by atoms with Crippen molar-refractivity contribution in [2.24, 2.45) is 0 Å². The van der Waals surface area contributed by atoms with Gasteiger partial charge < -0.3 is 25.2 Å². The van der Waals surface area contributed by atoms with Gasteiger partial charge in [-0.2, -0.15) is 4.72 Å². The van der Waals surface area contributed by atoms with Gasteiger partial charge in [-0.25, -0.2) is 13.2 Å². The molecule has 6 atom stereocenters. The van der Waals surface area contributed by atoms with E-state index in [1.54, 1.807) is 5.01 Å². The van der Waals surface area contributed by atoms with Gasteiger partial charge in [-0.1, -0.05) is 29.8 Å². The molecule has 2 heterocycles. The van der Waals surface area contributed by atoms with Gasteiger partial charge in [0.25, 0.3) is 5.91 Å². The number of amides is 1. The van der Waals surface area contributed by atoms with Crippen LogP contribution < -0.4 is 15.2 Å². The molecule has 0 saturated carbocycles. The monoisotopic (exact) mass is 541 g/mol. The smallest absolute Gasteiger partial charge is 0.335 e. The van der Waals surface area contributed by atoms with Gasteiger partial charge in [0.15, 0.2) is 12.3 Å². The number of aliphatic hydroxyl groups excluding tert-OH is 3. The first-order valence-corrected chi connectivity index (χ1v) is 12.7. The van der Waals surface area contributed by atoms with E-state index in [1.165, 1.54) is 12.1 Å². The van der Waals surface area contributed by atoms with Gasteiger partial charge in [0.2, 0.25) is 10.0 Å². The third-order valence-corrected chi connectivity index (χ3v) is 7.94. The van der Waals surface area contributed by atoms with Crippen LogP contribution in [0.15, 0.2) is 47.4 Å². The van der Waals surface area contributed by atoms with Crippen molar-refractivity contribution in [2.45, 2.75) is 54.9 Å². The molecular weight excluding hydrogens is 518 g/mol. The fourth-order valence-electron chi connectivity index (χ4n) is 4.16. The number of anilines is 1. The normalized spacial score (nSPS) is 28.0. The summed E-state index contributed by atoms with van der Waals surface area (Å²) in [6.45, 7) is 1.92. The number of sulfonamides is 1. The standard InChI is InChI=1S/C22H24ClN3O9S/c1-10-8-11-4-2-3-5-14(11)26(10)24-20(30)12-6-7-13(23)15(9-12)36(33,34)25-21-18(29)16(27)17(28)19(35-21)22(31)32/h2-7,9-10,16-19,21,25,27-29H,8H2,1H3,(H,24,30)(H,31,32). The van der Waals surface area contributed by atoms with E-state index >= 15 is 0 Å². The van der Waals surface area contributed by atoms with Crippen LogP contribution in [0.4, 0.5) is 5.69 Å². The Balaban J connectivity index is 1.56. The summed E-state index contributed by atoms with van der Waals surface area (Å²) in [7, 11) is -4.60. The summed E-state index contributed by atoms with van der Waals surface area (Å²) in [5.41, 5.74) is 4.59. The van der Waals surface area contributed by atoms with Crippen LogP contribution in [0.3, 0.4) is 0 Å². The van der Waals surface area contributed by atoms with Gasteiger partial charge in [-0.05, 0) is 43.2 Å². The molecule has 14 heteroatoms. The minimum Gasteiger partial charge on any atom is -0.479 e. The zero-order valence-electron chi connectivity index (χ0n) is 18.8. The number of carboxylic acids is 1. The Morgan fingerprint density at radius 1 is 1.08 bits per heavy atom. The number of nitrogens with one attached hydrogen (secondary N) is 2. The minimum atomic E-state index is -4.60. The zero-order valence-corrected chi connectivity index (χ0v) is 20.3. The molecule has 1 amide bonds. The van der Waals surface area contributed by atoms with Crippen molar-refractivity contribution < 1.29 is 43.2 Å². The number of carboxylic acid groups (broad SMARTS) is 1. The third kappa shape index (κ3) is 4.91. The molecule has 2 aromatic rings. The van der Waals surface area contributed by atoms with E-state index in [0.717, 1.165) is 17.3 Å². The Labute approximate surface area is 211 Å². The molecule has 0 aromatic heterocycles. The number of ether oxygens (including phenoxy) is 1. The fourth-order valence-corrected chi connectivity index (χ4v) is 5.81. The average Bonchev–Trinajstić information content (AvgIpc) is 3.14. The summed E-state index contributed by atoms with van der Waals surface area (Å²) in [4.78, 5) is 23.7. The van der Waals surface area contributed by atoms with Crippen molar-refractivity contribution in [1.82, 2.24) is 10.1 Å². The fraction of sp³-hybridized carbons (Fsp3) is 0.364. The number of hydrogen-bond donors (Lipinski definition) is 6. The van der Waals surface area contributed by atoms with E-state index < -0.39 is 57.4 Å². The topological polar surface area (TPSA) is 186 Å². The lowest BCUT2D eigenvalue weighted by molar-refractivity contribution is -0.229. The van der Waals surface area contributed by atoms with Crippen LogP contribution in [-0.4, -0.2) is 77.4 Å². The lowest BCUT2D eigenvalue weighted by Crippen LogP contribution is -2.64. The minimum absolute atomic E-state index is 0.0414. The van der Waals surface area contributed by atoms with Gasteiger partial charge in [-0.15, -0.1) is 0 Å². The predicted molar refractivity (Wildman–Crippen MR) is 126 cm³/mol. The van der Waals surface area contributed by atoms with Crippen LogP contribution in [0, 0.1) is 0 Å². The molecule has 6 N–H and O–H groups in total. The number of hydrogen-bond acceptors (Lipinski definition) is 9. The van der Waals surface area contributed by atoms with Crippen LogP contribution in [0.25, 0.3) is 0 Å². The summed E-state index contributed by atoms with van der Waals surface area (Å²) in [5.74, 6) is -2.28. The van der Waals surface area contributed by atoms with Crippen LogP contribution >= 0.6 is 11.6 Å². The lowest BCUT2D eigenvalue weighted by atomic mass is 9.98. The van der Waals surface area contributed by atoms with E-state index in [9.17, 15) is 33.3 Å². The Hall–Kier alpha value is -2.78. The highest BCUT2D eigenvalue weighted by molar-refractivity contribution is 7.89. The second kappa shape index (κ2) is 9.94. The van der Waals surface area contributed by atoms with Gasteiger partial charge in [0.05, 0.1) is 16.8 Å². The van der Waals surface area contributed by atoms with Gasteiger partial charge in [-0.3, -0.25) is 15.2 Å². The van der Waals surface area contributed by atoms with Crippen molar-refractivity contribution in [2.75, 3.05) is 5.01 Å². The largest absolute Gasteiger partial charge is 0.479 e. The number of fused-ring (bicyclic) bond motifs is 1. The van der Waals surface area contributed by atoms with E-state index in [0.29, 0.717) is 6.42 Å². The maximum Gasteiger partial charge on any atom is 0.335 e. The van der Waals surface area contributed by atoms with Crippen LogP contribution in [0.2, 0.25) is 5.02 Å². The number of para-hydroxylation sites is 1. The quantitative estimate of drug-likeness (QED) is 0.281. The van der Waals surface area contributed by atoms with Gasteiger partial charge >= 0.3 is 5.97 Å². The molecule has 0 radical (unpaired) electrons. The number of carbonyl (C=O) groups excluding carboxylic acids is 1. The van der Waals surface area contributed by atoms with Crippen molar-refractivity contribution in [3.8, 4) is 0 Å². The number of aliphatic hydroxyl groups is 3. The first-order valence-electron chi connectivity index (χ1n) is 10.8. The summed E-state index contributed by atoms with van der Waals surface area (Å²) >= 11 is 6.08. The molecule has 194 valence electrons. The number of halogens is 1. The second-order valence-corrected chi connectivity index (χ2v) is 10.6. The summed E-state index contributed by atoms with van der Waals surface area (Å²) in [6.07, 6.45) is -9.22. The highest BCUT2D eigenvalue weighted by Crippen LogP contribution is 2.31. The maximum absolute atomic E-state index is 13.0. The molecule has 2 aromatic carbocycles. The molecule has 2 aliphatic heterocycles. The van der Waals surface area contributed by atoms with E-state index in [4.69, 9.17) is 21.4 Å². The SMILES string of the molecule is CC1Cc2ccccc2N1NC(=O)c1ccc(Cl)c(S(=O)(=O)NC2OC(C(=O)O)C(O)C(O)C2O)c1. The first-order chi connectivity index (χ1) is 16.9. The van der Waals surface area contributed by atoms with Crippen LogP contribution in [0.5, 0.6) is 0 Å². The number of benzene rings is 2. The Morgan fingerprint density at radius 2 is 1.78 bits per heavy atom. The maximum atomic E-state index is 13.0. The molecule has 0 aliphatic carbocycles. The zero-order chi connectivity index (χ0) is 26.4. The molecule has 1 fully saturated rings. The molecule has 0 bridgehead atoms. The molecule has 12 nitrogen and oxygen atoms in total. The molecular formula is C22H24ClN3O9S. The van der Waals surface area contributed by atoms with Gasteiger partial charge in [0.1, 0.15) is 23.2 Å². The second-order valence-electron chi connectivity index (χ2n) is 8.55. The van der Waals surface area contributed by atoms with Crippen LogP contribution in [0.1, 0.15) is 22.8 Å².